The average Bonchev–Trinajstić information content (AvgIpc) is 2.90. The second kappa shape index (κ2) is 6.56. The Morgan fingerprint density at radius 3 is 1.83 bits per heavy atom. The molecule has 0 spiro atoms. The maximum absolute atomic E-state index is 4.75. The van der Waals surface area contributed by atoms with Gasteiger partial charge in [0.1, 0.15) is 0 Å². The molecule has 0 fully saturated rings. The molecule has 0 radical (unpaired) electrons. The Labute approximate surface area is 154 Å². The van der Waals surface area contributed by atoms with Crippen LogP contribution in [0.15, 0.2) is 30.3 Å². The fourth-order valence-electron chi connectivity index (χ4n) is 3.36. The van der Waals surface area contributed by atoms with E-state index in [1.54, 1.807) is 0 Å². The van der Waals surface area contributed by atoms with Gasteiger partial charge in [-0.3, -0.25) is 0 Å². The van der Waals surface area contributed by atoms with Crippen molar-refractivity contribution in [3.05, 3.63) is 30.3 Å². The zero-order valence-electron chi connectivity index (χ0n) is 16.2. The standard InChI is InChI=1S/C19H30N3PSe/c1-14(2)22-16(15-12-10-9-11-13-15)20-21-17(22)23(24,18(3,4)5)19(6,7)8/h9-14H,1-8H3. The molecule has 2 rings (SSSR count). The number of benzene rings is 1. The van der Waals surface area contributed by atoms with E-state index in [2.05, 4.69) is 104 Å². The van der Waals surface area contributed by atoms with Crippen LogP contribution in [0.3, 0.4) is 0 Å². The molecule has 0 aliphatic rings. The molecule has 0 aliphatic heterocycles. The summed E-state index contributed by atoms with van der Waals surface area (Å²) in [5.41, 5.74) is 0.544. The van der Waals surface area contributed by atoms with Gasteiger partial charge in [0, 0.05) is 0 Å². The van der Waals surface area contributed by atoms with E-state index >= 15 is 0 Å². The van der Waals surface area contributed by atoms with Gasteiger partial charge in [0.2, 0.25) is 0 Å². The molecule has 2 aromatic rings. The molecule has 24 heavy (non-hydrogen) atoms. The summed E-state index contributed by atoms with van der Waals surface area (Å²) in [5, 5.41) is 9.59. The van der Waals surface area contributed by atoms with E-state index in [-0.39, 0.29) is 10.3 Å². The van der Waals surface area contributed by atoms with Gasteiger partial charge >= 0.3 is 154 Å². The van der Waals surface area contributed by atoms with Gasteiger partial charge < -0.3 is 0 Å². The summed E-state index contributed by atoms with van der Waals surface area (Å²) in [6.07, 6.45) is 0. The zero-order valence-corrected chi connectivity index (χ0v) is 18.8. The molecule has 0 bridgehead atoms. The molecule has 132 valence electrons. The second-order valence-corrected chi connectivity index (χ2v) is 16.4. The second-order valence-electron chi connectivity index (χ2n) is 8.60. The van der Waals surface area contributed by atoms with Crippen molar-refractivity contribution >= 4 is 26.2 Å². The fraction of sp³-hybridized carbons (Fsp3) is 0.579. The Bertz CT molecular complexity index is 731. The third-order valence-corrected chi connectivity index (χ3v) is 17.0. The molecule has 1 heterocycles. The van der Waals surface area contributed by atoms with Gasteiger partial charge in [-0.15, -0.1) is 0 Å². The Kier molecular flexibility index (Phi) is 5.36. The van der Waals surface area contributed by atoms with Crippen molar-refractivity contribution < 1.29 is 0 Å². The molecule has 0 N–H and O–H groups in total. The molecule has 0 aliphatic carbocycles. The Balaban J connectivity index is 2.80. The summed E-state index contributed by atoms with van der Waals surface area (Å²) in [6.45, 7) is 18.4. The summed E-state index contributed by atoms with van der Waals surface area (Å²) in [7, 11) is 0. The van der Waals surface area contributed by atoms with E-state index in [4.69, 9.17) is 5.10 Å². The Morgan fingerprint density at radius 1 is 0.917 bits per heavy atom. The third-order valence-electron chi connectivity index (χ3n) is 4.40. The maximum atomic E-state index is 4.75. The zero-order chi connectivity index (χ0) is 18.3. The van der Waals surface area contributed by atoms with E-state index in [9.17, 15) is 0 Å². The van der Waals surface area contributed by atoms with Gasteiger partial charge in [0.25, 0.3) is 0 Å². The van der Waals surface area contributed by atoms with Crippen molar-refractivity contribution in [1.29, 1.82) is 0 Å². The van der Waals surface area contributed by atoms with Crippen molar-refractivity contribution in [1.82, 2.24) is 14.8 Å². The number of nitrogens with zero attached hydrogens (tertiary/aromatic N) is 3. The SMILES string of the molecule is CC(C)n1c(-c2ccccc2)nnc1P(=[Se])(C(C)(C)C)C(C)(C)C. The van der Waals surface area contributed by atoms with E-state index < -0.39 is 5.51 Å². The van der Waals surface area contributed by atoms with Gasteiger partial charge in [-0.1, -0.05) is 0 Å². The van der Waals surface area contributed by atoms with Crippen LogP contribution >= 0.6 is 5.51 Å². The van der Waals surface area contributed by atoms with Crippen LogP contribution in [0.2, 0.25) is 0 Å². The van der Waals surface area contributed by atoms with Crippen LogP contribution in [-0.4, -0.2) is 40.2 Å². The number of aromatic nitrogens is 3. The predicted molar refractivity (Wildman–Crippen MR) is 108 cm³/mol. The first-order valence-corrected chi connectivity index (χ1v) is 12.5. The van der Waals surface area contributed by atoms with Crippen LogP contribution in [0.4, 0.5) is 0 Å². The molecule has 5 heteroatoms. The van der Waals surface area contributed by atoms with Crippen molar-refractivity contribution in [2.75, 3.05) is 0 Å². The minimum absolute atomic E-state index is 0.110. The van der Waals surface area contributed by atoms with E-state index in [0.29, 0.717) is 6.04 Å². The van der Waals surface area contributed by atoms with Crippen molar-refractivity contribution in [3.63, 3.8) is 0 Å². The average molecular weight is 410 g/mol. The number of hydrogen-bond donors (Lipinski definition) is 0. The normalized spacial score (nSPS) is 13.5. The molecule has 0 unspecified atom stereocenters. The van der Waals surface area contributed by atoms with Gasteiger partial charge in [-0.05, 0) is 0 Å². The third kappa shape index (κ3) is 3.21. The van der Waals surface area contributed by atoms with Crippen LogP contribution in [0.5, 0.6) is 0 Å². The van der Waals surface area contributed by atoms with Gasteiger partial charge in [0.05, 0.1) is 0 Å². The molecule has 1 aromatic heterocycles. The quantitative estimate of drug-likeness (QED) is 0.535. The Hall–Kier alpha value is -0.691. The first-order valence-electron chi connectivity index (χ1n) is 8.52. The van der Waals surface area contributed by atoms with Crippen LogP contribution < -0.4 is 5.57 Å². The number of rotatable bonds is 3. The van der Waals surface area contributed by atoms with Crippen molar-refractivity contribution in [2.24, 2.45) is 0 Å². The van der Waals surface area contributed by atoms with E-state index in [1.165, 1.54) is 0 Å². The van der Waals surface area contributed by atoms with Gasteiger partial charge in [0.15, 0.2) is 0 Å². The molecule has 1 aromatic carbocycles. The molecule has 0 amide bonds. The summed E-state index contributed by atoms with van der Waals surface area (Å²) >= 11 is 3.63. The summed E-state index contributed by atoms with van der Waals surface area (Å²) in [4.78, 5) is 0. The molecular weight excluding hydrogens is 380 g/mol. The van der Waals surface area contributed by atoms with Gasteiger partial charge in [-0.2, -0.15) is 0 Å². The molecule has 0 atom stereocenters. The van der Waals surface area contributed by atoms with E-state index in [1.807, 2.05) is 6.07 Å². The fourth-order valence-corrected chi connectivity index (χ4v) is 8.16. The predicted octanol–water partition coefficient (Wildman–Crippen LogP) is 4.85. The van der Waals surface area contributed by atoms with Crippen molar-refractivity contribution in [2.45, 2.75) is 71.7 Å². The molecule has 0 saturated carbocycles. The summed E-state index contributed by atoms with van der Waals surface area (Å²) in [6, 6.07) is 10.7. The van der Waals surface area contributed by atoms with Crippen LogP contribution in [-0.2, 0) is 0 Å². The molecule has 0 saturated heterocycles. The van der Waals surface area contributed by atoms with Crippen LogP contribution in [0, 0.1) is 0 Å². The summed E-state index contributed by atoms with van der Waals surface area (Å²) < 4.78 is 2.34. The molecule has 3 nitrogen and oxygen atoms in total. The first-order chi connectivity index (χ1) is 10.9. The van der Waals surface area contributed by atoms with Crippen LogP contribution in [0.1, 0.15) is 61.4 Å². The Morgan fingerprint density at radius 2 is 1.42 bits per heavy atom. The van der Waals surface area contributed by atoms with Crippen LogP contribution in [0.25, 0.3) is 11.4 Å². The number of hydrogen-bond acceptors (Lipinski definition) is 2. The topological polar surface area (TPSA) is 30.7 Å². The van der Waals surface area contributed by atoms with Gasteiger partial charge in [-0.25, -0.2) is 0 Å². The summed E-state index contributed by atoms with van der Waals surface area (Å²) in [5.74, 6) is 0.966. The molecular formula is C19H30N3PSe. The minimum atomic E-state index is -1.72. The van der Waals surface area contributed by atoms with Crippen molar-refractivity contribution in [3.8, 4) is 11.4 Å². The first kappa shape index (κ1) is 19.6. The monoisotopic (exact) mass is 411 g/mol. The van der Waals surface area contributed by atoms with E-state index in [0.717, 1.165) is 17.0 Å².